The maximum Gasteiger partial charge on any atom is 0.419 e. The van der Waals surface area contributed by atoms with Crippen LogP contribution in [-0.4, -0.2) is 56.8 Å². The molecule has 4 heterocycles. The molecule has 4 aromatic rings. The molecule has 0 saturated carbocycles. The van der Waals surface area contributed by atoms with E-state index in [2.05, 4.69) is 30.6 Å². The van der Waals surface area contributed by atoms with Crippen LogP contribution in [0.5, 0.6) is 0 Å². The van der Waals surface area contributed by atoms with Crippen molar-refractivity contribution in [3.63, 3.8) is 0 Å². The number of carbonyl (C=O) groups is 1. The molecule has 10 nitrogen and oxygen atoms in total. The molecule has 3 aromatic heterocycles. The third kappa shape index (κ3) is 5.35. The second-order valence-electron chi connectivity index (χ2n) is 8.55. The van der Waals surface area contributed by atoms with Crippen molar-refractivity contribution < 1.29 is 27.1 Å². The van der Waals surface area contributed by atoms with Crippen molar-refractivity contribution in [3.8, 4) is 11.1 Å². The van der Waals surface area contributed by atoms with Crippen LogP contribution in [0.2, 0.25) is 0 Å². The van der Waals surface area contributed by atoms with E-state index < -0.39 is 23.6 Å². The number of anilines is 3. The lowest BCUT2D eigenvalue weighted by Gasteiger charge is -2.26. The lowest BCUT2D eigenvalue weighted by Crippen LogP contribution is -2.36. The van der Waals surface area contributed by atoms with Crippen LogP contribution >= 0.6 is 0 Å². The summed E-state index contributed by atoms with van der Waals surface area (Å²) in [4.78, 5) is 22.9. The Bertz CT molecular complexity index is 1470. The van der Waals surface area contributed by atoms with Crippen molar-refractivity contribution in [1.29, 1.82) is 0 Å². The number of nitrogen functional groups attached to an aromatic ring is 1. The molecule has 38 heavy (non-hydrogen) atoms. The minimum Gasteiger partial charge on any atom is -0.382 e. The Hall–Kier alpha value is -4.30. The number of nitrogens with zero attached hydrogens (tertiary/aromatic N) is 5. The SMILES string of the molecule is Nc1ncnn2c(CN3CCOCC3)cc(-c3ccc(NC(=O)Nc4ccc(F)c(C(F)(F)F)c4)nc3)c12. The van der Waals surface area contributed by atoms with Crippen LogP contribution in [0, 0.1) is 5.82 Å². The summed E-state index contributed by atoms with van der Waals surface area (Å²) in [6.45, 7) is 3.53. The third-order valence-electron chi connectivity index (χ3n) is 5.99. The van der Waals surface area contributed by atoms with E-state index in [-0.39, 0.29) is 11.5 Å². The number of hydrogen-bond donors (Lipinski definition) is 3. The second-order valence-corrected chi connectivity index (χ2v) is 8.55. The zero-order valence-corrected chi connectivity index (χ0v) is 19.8. The number of morpholine rings is 1. The van der Waals surface area contributed by atoms with Gasteiger partial charge in [-0.3, -0.25) is 10.2 Å². The summed E-state index contributed by atoms with van der Waals surface area (Å²) >= 11 is 0. The number of hydrogen-bond acceptors (Lipinski definition) is 7. The first-order chi connectivity index (χ1) is 18.2. The molecule has 0 spiro atoms. The Morgan fingerprint density at radius 2 is 1.87 bits per heavy atom. The van der Waals surface area contributed by atoms with Gasteiger partial charge in [0.15, 0.2) is 5.82 Å². The van der Waals surface area contributed by atoms with E-state index in [0.717, 1.165) is 30.4 Å². The number of halogens is 4. The monoisotopic (exact) mass is 530 g/mol. The van der Waals surface area contributed by atoms with Crippen LogP contribution in [0.4, 0.5) is 39.7 Å². The van der Waals surface area contributed by atoms with Gasteiger partial charge in [-0.05, 0) is 36.4 Å². The van der Waals surface area contributed by atoms with Crippen LogP contribution in [0.15, 0.2) is 48.9 Å². The minimum absolute atomic E-state index is 0.144. The molecule has 1 fully saturated rings. The van der Waals surface area contributed by atoms with Gasteiger partial charge in [-0.2, -0.15) is 18.3 Å². The Morgan fingerprint density at radius 1 is 1.08 bits per heavy atom. The van der Waals surface area contributed by atoms with Crippen molar-refractivity contribution in [1.82, 2.24) is 24.5 Å². The maximum absolute atomic E-state index is 13.5. The quantitative estimate of drug-likeness (QED) is 0.333. The lowest BCUT2D eigenvalue weighted by atomic mass is 10.1. The molecule has 0 unspecified atom stereocenters. The summed E-state index contributed by atoms with van der Waals surface area (Å²) in [6.07, 6.45) is -1.98. The molecule has 0 bridgehead atoms. The fourth-order valence-corrected chi connectivity index (χ4v) is 4.18. The Kier molecular flexibility index (Phi) is 6.82. The summed E-state index contributed by atoms with van der Waals surface area (Å²) < 4.78 is 59.4. The number of nitrogens with one attached hydrogen (secondary N) is 2. The number of urea groups is 1. The highest BCUT2D eigenvalue weighted by Gasteiger charge is 2.34. The van der Waals surface area contributed by atoms with E-state index in [4.69, 9.17) is 10.5 Å². The van der Waals surface area contributed by atoms with Gasteiger partial charge in [0.25, 0.3) is 0 Å². The first-order valence-corrected chi connectivity index (χ1v) is 11.5. The molecule has 4 N–H and O–H groups in total. The van der Waals surface area contributed by atoms with Crippen molar-refractivity contribution in [3.05, 3.63) is 66.0 Å². The number of benzene rings is 1. The van der Waals surface area contributed by atoms with Crippen LogP contribution in [0.25, 0.3) is 16.6 Å². The fraction of sp³-hybridized carbons (Fsp3) is 0.250. The van der Waals surface area contributed by atoms with Gasteiger partial charge < -0.3 is 15.8 Å². The van der Waals surface area contributed by atoms with Crippen LogP contribution in [0.3, 0.4) is 0 Å². The molecule has 5 rings (SSSR count). The van der Waals surface area contributed by atoms with E-state index >= 15 is 0 Å². The number of pyridine rings is 1. The molecule has 0 atom stereocenters. The Labute approximate surface area is 213 Å². The molecule has 1 aliphatic heterocycles. The first-order valence-electron chi connectivity index (χ1n) is 11.5. The van der Waals surface area contributed by atoms with Crippen molar-refractivity contribution in [2.45, 2.75) is 12.7 Å². The highest BCUT2D eigenvalue weighted by Crippen LogP contribution is 2.33. The zero-order valence-electron chi connectivity index (χ0n) is 19.8. The summed E-state index contributed by atoms with van der Waals surface area (Å²) in [5.74, 6) is -0.994. The molecule has 0 radical (unpaired) electrons. The van der Waals surface area contributed by atoms with Crippen molar-refractivity contribution in [2.75, 3.05) is 42.7 Å². The van der Waals surface area contributed by atoms with Gasteiger partial charge in [-0.1, -0.05) is 0 Å². The standard InChI is InChI=1S/C24H22F4N8O2/c25-19-3-2-15(9-18(19)24(26,27)28)33-23(37)34-20-4-1-14(11-30-20)17-10-16(12-35-5-7-38-8-6-35)36-21(17)22(29)31-13-32-36/h1-4,9-11,13H,5-8,12H2,(H2,29,31,32)(H2,30,33,34,37). The molecular weight excluding hydrogens is 508 g/mol. The molecule has 1 aromatic carbocycles. The summed E-state index contributed by atoms with van der Waals surface area (Å²) in [6, 6.07) is 6.54. The van der Waals surface area contributed by atoms with Crippen molar-refractivity contribution in [2.24, 2.45) is 0 Å². The third-order valence-corrected chi connectivity index (χ3v) is 5.99. The van der Waals surface area contributed by atoms with E-state index in [1.807, 2.05) is 6.07 Å². The highest BCUT2D eigenvalue weighted by molar-refractivity contribution is 5.99. The van der Waals surface area contributed by atoms with Gasteiger partial charge in [-0.15, -0.1) is 0 Å². The minimum atomic E-state index is -4.89. The highest BCUT2D eigenvalue weighted by atomic mass is 19.4. The average Bonchev–Trinajstić information content (AvgIpc) is 3.25. The first kappa shape index (κ1) is 25.4. The van der Waals surface area contributed by atoms with E-state index in [0.29, 0.717) is 48.8 Å². The van der Waals surface area contributed by atoms with Crippen LogP contribution in [0.1, 0.15) is 11.3 Å². The topological polar surface area (TPSA) is 123 Å². The van der Waals surface area contributed by atoms with E-state index in [1.54, 1.807) is 10.6 Å². The van der Waals surface area contributed by atoms with Crippen LogP contribution < -0.4 is 16.4 Å². The number of nitrogens with two attached hydrogens (primary N) is 1. The number of alkyl halides is 3. The molecule has 198 valence electrons. The molecule has 0 aliphatic carbocycles. The van der Waals surface area contributed by atoms with Gasteiger partial charge in [0.1, 0.15) is 23.5 Å². The van der Waals surface area contributed by atoms with Gasteiger partial charge in [-0.25, -0.2) is 23.7 Å². The molecular formula is C24H22F4N8O2. The summed E-state index contributed by atoms with van der Waals surface area (Å²) in [7, 11) is 0. The lowest BCUT2D eigenvalue weighted by molar-refractivity contribution is -0.139. The predicted octanol–water partition coefficient (Wildman–Crippen LogP) is 4.01. The number of ether oxygens (including phenoxy) is 1. The van der Waals surface area contributed by atoms with Gasteiger partial charge in [0.2, 0.25) is 0 Å². The number of aromatic nitrogens is 4. The summed E-state index contributed by atoms with van der Waals surface area (Å²) in [5, 5.41) is 9.05. The smallest absolute Gasteiger partial charge is 0.382 e. The fourth-order valence-electron chi connectivity index (χ4n) is 4.18. The number of rotatable bonds is 5. The number of carbonyl (C=O) groups excluding carboxylic acids is 1. The maximum atomic E-state index is 13.5. The zero-order chi connectivity index (χ0) is 26.9. The average molecular weight is 530 g/mol. The van der Waals surface area contributed by atoms with E-state index in [9.17, 15) is 22.4 Å². The van der Waals surface area contributed by atoms with Gasteiger partial charge >= 0.3 is 12.2 Å². The summed E-state index contributed by atoms with van der Waals surface area (Å²) in [5.41, 5.74) is 7.44. The van der Waals surface area contributed by atoms with Crippen molar-refractivity contribution >= 4 is 28.9 Å². The molecule has 2 amide bonds. The second kappa shape index (κ2) is 10.2. The van der Waals surface area contributed by atoms with Gasteiger partial charge in [0.05, 0.1) is 24.5 Å². The largest absolute Gasteiger partial charge is 0.419 e. The predicted molar refractivity (Wildman–Crippen MR) is 131 cm³/mol. The Morgan fingerprint density at radius 3 is 2.58 bits per heavy atom. The molecule has 1 aliphatic rings. The molecule has 14 heteroatoms. The van der Waals surface area contributed by atoms with Gasteiger partial charge in [0, 0.05) is 42.6 Å². The number of amides is 2. The molecule has 1 saturated heterocycles. The number of fused-ring (bicyclic) bond motifs is 1. The van der Waals surface area contributed by atoms with Crippen LogP contribution in [-0.2, 0) is 17.5 Å². The van der Waals surface area contributed by atoms with E-state index in [1.165, 1.54) is 18.6 Å². The normalized spacial score (nSPS) is 14.5. The Balaban J connectivity index is 1.33.